The highest BCUT2D eigenvalue weighted by Gasteiger charge is 2.05. The van der Waals surface area contributed by atoms with Crippen molar-refractivity contribution < 1.29 is 18.7 Å². The number of hydrogen-bond acceptors (Lipinski definition) is 4. The summed E-state index contributed by atoms with van der Waals surface area (Å²) in [5, 5.41) is 1.03. The van der Waals surface area contributed by atoms with E-state index >= 15 is 0 Å². The van der Waals surface area contributed by atoms with Crippen LogP contribution in [0.2, 0.25) is 0 Å². The van der Waals surface area contributed by atoms with Crippen LogP contribution >= 0.6 is 0 Å². The molecule has 0 unspecified atom stereocenters. The number of nitrogens with zero attached hydrogens (tertiary/aromatic N) is 1. The van der Waals surface area contributed by atoms with Crippen molar-refractivity contribution in [3.05, 3.63) is 77.7 Å². The Bertz CT molecular complexity index is 937. The molecule has 1 heterocycles. The van der Waals surface area contributed by atoms with Gasteiger partial charge < -0.3 is 9.47 Å². The third-order valence-electron chi connectivity index (χ3n) is 3.61. The van der Waals surface area contributed by atoms with Gasteiger partial charge in [-0.2, -0.15) is 0 Å². The topological polar surface area (TPSA) is 48.4 Å². The van der Waals surface area contributed by atoms with Gasteiger partial charge in [0, 0.05) is 11.5 Å². The monoisotopic (exact) mass is 337 g/mol. The second-order valence-electron chi connectivity index (χ2n) is 5.34. The molecule has 0 spiro atoms. The molecule has 3 rings (SSSR count). The van der Waals surface area contributed by atoms with E-state index < -0.39 is 11.8 Å². The number of pyridine rings is 1. The number of benzene rings is 2. The van der Waals surface area contributed by atoms with Gasteiger partial charge in [-0.15, -0.1) is 0 Å². The summed E-state index contributed by atoms with van der Waals surface area (Å²) >= 11 is 0. The van der Waals surface area contributed by atoms with Gasteiger partial charge in [-0.05, 0) is 35.9 Å². The zero-order valence-corrected chi connectivity index (χ0v) is 13.6. The second-order valence-corrected chi connectivity index (χ2v) is 5.34. The number of carbonyl (C=O) groups excluding carboxylic acids is 1. The minimum Gasteiger partial charge on any atom is -0.494 e. The molecule has 0 fully saturated rings. The van der Waals surface area contributed by atoms with Crippen LogP contribution in [0.3, 0.4) is 0 Å². The van der Waals surface area contributed by atoms with Gasteiger partial charge in [-0.1, -0.05) is 30.3 Å². The Balaban J connectivity index is 1.61. The van der Waals surface area contributed by atoms with Crippen molar-refractivity contribution in [2.24, 2.45) is 0 Å². The lowest BCUT2D eigenvalue weighted by atomic mass is 10.2. The van der Waals surface area contributed by atoms with Gasteiger partial charge in [-0.3, -0.25) is 0 Å². The molecule has 2 aromatic carbocycles. The number of esters is 1. The first-order chi connectivity index (χ1) is 12.2. The van der Waals surface area contributed by atoms with Crippen molar-refractivity contribution in [2.45, 2.75) is 6.61 Å². The van der Waals surface area contributed by atoms with Gasteiger partial charge in [0.15, 0.2) is 11.6 Å². The standard InChI is InChI=1S/C20H16FNO3/c1-24-19-10-6-14(12-17(19)21)13-25-20(23)11-9-16-8-7-15-4-2-3-5-18(15)22-16/h2-12H,13H2,1H3. The zero-order chi connectivity index (χ0) is 17.6. The molecule has 0 N–H and O–H groups in total. The molecule has 25 heavy (non-hydrogen) atoms. The summed E-state index contributed by atoms with van der Waals surface area (Å²) in [7, 11) is 1.39. The van der Waals surface area contributed by atoms with E-state index in [1.165, 1.54) is 25.3 Å². The first-order valence-corrected chi connectivity index (χ1v) is 7.69. The number of fused-ring (bicyclic) bond motifs is 1. The largest absolute Gasteiger partial charge is 0.494 e. The number of para-hydroxylation sites is 1. The van der Waals surface area contributed by atoms with E-state index in [9.17, 15) is 9.18 Å². The van der Waals surface area contributed by atoms with Crippen LogP contribution in [0.1, 0.15) is 11.3 Å². The molecule has 0 aliphatic rings. The number of aromatic nitrogens is 1. The fourth-order valence-corrected chi connectivity index (χ4v) is 2.33. The third-order valence-corrected chi connectivity index (χ3v) is 3.61. The lowest BCUT2D eigenvalue weighted by molar-refractivity contribution is -0.138. The molecule has 0 aliphatic carbocycles. The number of ether oxygens (including phenoxy) is 2. The third kappa shape index (κ3) is 4.20. The molecule has 1 aromatic heterocycles. The SMILES string of the molecule is COc1ccc(COC(=O)C=Cc2ccc3ccccc3n2)cc1F. The highest BCUT2D eigenvalue weighted by Crippen LogP contribution is 2.18. The van der Waals surface area contributed by atoms with E-state index in [1.54, 1.807) is 12.1 Å². The summed E-state index contributed by atoms with van der Waals surface area (Å²) in [4.78, 5) is 16.2. The fraction of sp³-hybridized carbons (Fsp3) is 0.100. The molecule has 3 aromatic rings. The molecular formula is C20H16FNO3. The zero-order valence-electron chi connectivity index (χ0n) is 13.6. The minimum absolute atomic E-state index is 0.0186. The minimum atomic E-state index is -0.522. The van der Waals surface area contributed by atoms with Gasteiger partial charge in [0.25, 0.3) is 0 Å². The highest BCUT2D eigenvalue weighted by molar-refractivity contribution is 5.87. The van der Waals surface area contributed by atoms with Gasteiger partial charge in [0.05, 0.1) is 18.3 Å². The summed E-state index contributed by atoms with van der Waals surface area (Å²) in [6.07, 6.45) is 2.89. The first-order valence-electron chi connectivity index (χ1n) is 7.69. The van der Waals surface area contributed by atoms with Crippen molar-refractivity contribution in [1.29, 1.82) is 0 Å². The lowest BCUT2D eigenvalue weighted by Gasteiger charge is -2.05. The Labute approximate surface area is 144 Å². The maximum absolute atomic E-state index is 13.6. The fourth-order valence-electron chi connectivity index (χ4n) is 2.33. The predicted molar refractivity (Wildman–Crippen MR) is 93.5 cm³/mol. The molecule has 0 saturated carbocycles. The van der Waals surface area contributed by atoms with Crippen LogP contribution in [-0.4, -0.2) is 18.1 Å². The molecule has 0 bridgehead atoms. The number of hydrogen-bond donors (Lipinski definition) is 0. The van der Waals surface area contributed by atoms with Crippen LogP contribution in [0, 0.1) is 5.82 Å². The Kier molecular flexibility index (Phi) is 5.04. The molecule has 0 saturated heterocycles. The van der Waals surface area contributed by atoms with Gasteiger partial charge in [0.1, 0.15) is 6.61 Å². The van der Waals surface area contributed by atoms with Crippen molar-refractivity contribution >= 4 is 22.9 Å². The summed E-state index contributed by atoms with van der Waals surface area (Å²) in [5.41, 5.74) is 2.06. The Morgan fingerprint density at radius 1 is 1.16 bits per heavy atom. The van der Waals surface area contributed by atoms with Gasteiger partial charge >= 0.3 is 5.97 Å². The quantitative estimate of drug-likeness (QED) is 0.519. The Morgan fingerprint density at radius 2 is 2.00 bits per heavy atom. The molecule has 0 amide bonds. The summed E-state index contributed by atoms with van der Waals surface area (Å²) < 4.78 is 23.5. The molecule has 4 nitrogen and oxygen atoms in total. The first kappa shape index (κ1) is 16.6. The predicted octanol–water partition coefficient (Wildman–Crippen LogP) is 4.14. The highest BCUT2D eigenvalue weighted by atomic mass is 19.1. The molecule has 5 heteroatoms. The summed E-state index contributed by atoms with van der Waals surface area (Å²) in [5.74, 6) is -0.865. The van der Waals surface area contributed by atoms with Crippen LogP contribution in [0.5, 0.6) is 5.75 Å². The Morgan fingerprint density at radius 3 is 2.80 bits per heavy atom. The van der Waals surface area contributed by atoms with E-state index in [4.69, 9.17) is 9.47 Å². The van der Waals surface area contributed by atoms with Crippen LogP contribution < -0.4 is 4.74 Å². The number of halogens is 1. The average molecular weight is 337 g/mol. The molecule has 0 radical (unpaired) electrons. The Hall–Kier alpha value is -3.21. The van der Waals surface area contributed by atoms with E-state index in [1.807, 2.05) is 36.4 Å². The van der Waals surface area contributed by atoms with E-state index in [0.29, 0.717) is 11.3 Å². The molecule has 0 aliphatic heterocycles. The van der Waals surface area contributed by atoms with Crippen LogP contribution in [-0.2, 0) is 16.1 Å². The molecule has 0 atom stereocenters. The van der Waals surface area contributed by atoms with Crippen LogP contribution in [0.4, 0.5) is 4.39 Å². The second kappa shape index (κ2) is 7.57. The van der Waals surface area contributed by atoms with Gasteiger partial charge in [-0.25, -0.2) is 14.2 Å². The van der Waals surface area contributed by atoms with E-state index in [2.05, 4.69) is 4.98 Å². The normalized spacial score (nSPS) is 11.0. The number of methoxy groups -OCH3 is 1. The maximum Gasteiger partial charge on any atom is 0.331 e. The van der Waals surface area contributed by atoms with E-state index in [0.717, 1.165) is 10.9 Å². The van der Waals surface area contributed by atoms with Crippen molar-refractivity contribution in [3.8, 4) is 5.75 Å². The smallest absolute Gasteiger partial charge is 0.331 e. The summed E-state index contributed by atoms with van der Waals surface area (Å²) in [6.45, 7) is -0.0186. The van der Waals surface area contributed by atoms with E-state index in [-0.39, 0.29) is 12.4 Å². The lowest BCUT2D eigenvalue weighted by Crippen LogP contribution is -2.01. The van der Waals surface area contributed by atoms with Crippen LogP contribution in [0.15, 0.2) is 60.7 Å². The average Bonchev–Trinajstić information content (AvgIpc) is 2.64. The van der Waals surface area contributed by atoms with Crippen molar-refractivity contribution in [2.75, 3.05) is 7.11 Å². The molecule has 126 valence electrons. The van der Waals surface area contributed by atoms with Gasteiger partial charge in [0.2, 0.25) is 0 Å². The van der Waals surface area contributed by atoms with Crippen molar-refractivity contribution in [3.63, 3.8) is 0 Å². The maximum atomic E-state index is 13.6. The molecular weight excluding hydrogens is 321 g/mol. The van der Waals surface area contributed by atoms with Crippen LogP contribution in [0.25, 0.3) is 17.0 Å². The summed E-state index contributed by atoms with van der Waals surface area (Å²) in [6, 6.07) is 15.9. The number of carbonyl (C=O) groups is 1. The van der Waals surface area contributed by atoms with Crippen molar-refractivity contribution in [1.82, 2.24) is 4.98 Å². The number of rotatable bonds is 5.